The first-order valence-corrected chi connectivity index (χ1v) is 6.99. The van der Waals surface area contributed by atoms with Crippen LogP contribution >= 0.6 is 0 Å². The summed E-state index contributed by atoms with van der Waals surface area (Å²) in [6.45, 7) is 2.66. The molecule has 0 radical (unpaired) electrons. The summed E-state index contributed by atoms with van der Waals surface area (Å²) in [4.78, 5) is 21.6. The highest BCUT2D eigenvalue weighted by atomic mass is 16.5. The summed E-state index contributed by atoms with van der Waals surface area (Å²) in [5.74, 6) is -0.0160. The Kier molecular flexibility index (Phi) is 7.97. The molecule has 0 aromatic rings. The van der Waals surface area contributed by atoms with Crippen molar-refractivity contribution in [3.8, 4) is 0 Å². The molecule has 6 heteroatoms. The van der Waals surface area contributed by atoms with E-state index in [0.717, 1.165) is 18.9 Å². The molecule has 1 fully saturated rings. The number of rotatable bonds is 11. The van der Waals surface area contributed by atoms with Gasteiger partial charge in [0.1, 0.15) is 0 Å². The van der Waals surface area contributed by atoms with E-state index in [1.54, 1.807) is 0 Å². The molecule has 3 N–H and O–H groups in total. The van der Waals surface area contributed by atoms with Crippen molar-refractivity contribution >= 4 is 12.0 Å². The summed E-state index contributed by atoms with van der Waals surface area (Å²) in [5.41, 5.74) is 0. The Hall–Kier alpha value is -1.30. The maximum absolute atomic E-state index is 11.3. The summed E-state index contributed by atoms with van der Waals surface area (Å²) in [5, 5.41) is 13.9. The second-order valence-corrected chi connectivity index (χ2v) is 4.91. The second kappa shape index (κ2) is 9.61. The number of ether oxygens (including phenoxy) is 1. The van der Waals surface area contributed by atoms with Crippen LogP contribution in [0.4, 0.5) is 4.79 Å². The highest BCUT2D eigenvalue weighted by Gasteiger charge is 2.20. The average molecular weight is 272 g/mol. The fourth-order valence-corrected chi connectivity index (χ4v) is 1.58. The number of carboxylic acids is 1. The lowest BCUT2D eigenvalue weighted by Gasteiger charge is -2.07. The lowest BCUT2D eigenvalue weighted by molar-refractivity contribution is -0.137. The number of aliphatic carboxylic acids is 1. The Labute approximate surface area is 113 Å². The van der Waals surface area contributed by atoms with Gasteiger partial charge in [0.15, 0.2) is 0 Å². The van der Waals surface area contributed by atoms with Crippen molar-refractivity contribution in [3.05, 3.63) is 0 Å². The van der Waals surface area contributed by atoms with Gasteiger partial charge in [-0.2, -0.15) is 0 Å². The zero-order valence-corrected chi connectivity index (χ0v) is 11.3. The number of carboxylic acid groups (broad SMARTS) is 1. The van der Waals surface area contributed by atoms with Gasteiger partial charge < -0.3 is 20.5 Å². The number of hydrogen-bond donors (Lipinski definition) is 3. The third-order valence-electron chi connectivity index (χ3n) is 2.90. The molecule has 0 heterocycles. The molecule has 0 aliphatic heterocycles. The van der Waals surface area contributed by atoms with Crippen molar-refractivity contribution in [2.24, 2.45) is 5.92 Å². The fraction of sp³-hybridized carbons (Fsp3) is 0.846. The Morgan fingerprint density at radius 1 is 1.11 bits per heavy atom. The zero-order valence-electron chi connectivity index (χ0n) is 11.3. The highest BCUT2D eigenvalue weighted by Crippen LogP contribution is 2.28. The second-order valence-electron chi connectivity index (χ2n) is 4.91. The fourth-order valence-electron chi connectivity index (χ4n) is 1.58. The van der Waals surface area contributed by atoms with Crippen molar-refractivity contribution in [2.75, 3.05) is 26.3 Å². The van der Waals surface area contributed by atoms with E-state index in [2.05, 4.69) is 10.6 Å². The highest BCUT2D eigenvalue weighted by molar-refractivity contribution is 5.73. The summed E-state index contributed by atoms with van der Waals surface area (Å²) in [6.07, 6.45) is 4.83. The third-order valence-corrected chi connectivity index (χ3v) is 2.90. The van der Waals surface area contributed by atoms with Crippen LogP contribution in [0.15, 0.2) is 0 Å². The summed E-state index contributed by atoms with van der Waals surface area (Å²) < 4.78 is 5.45. The molecule has 2 amide bonds. The van der Waals surface area contributed by atoms with Crippen LogP contribution in [0.3, 0.4) is 0 Å². The SMILES string of the molecule is O=C(O)CCCCNC(=O)NCCCOCC1CC1. The van der Waals surface area contributed by atoms with Gasteiger partial charge in [-0.15, -0.1) is 0 Å². The minimum Gasteiger partial charge on any atom is -0.481 e. The minimum atomic E-state index is -0.796. The molecule has 0 saturated heterocycles. The molecular formula is C13H24N2O4. The lowest BCUT2D eigenvalue weighted by Crippen LogP contribution is -2.36. The Balaban J connectivity index is 1.77. The van der Waals surface area contributed by atoms with E-state index < -0.39 is 5.97 Å². The first kappa shape index (κ1) is 15.8. The van der Waals surface area contributed by atoms with Crippen LogP contribution in [0.5, 0.6) is 0 Å². The van der Waals surface area contributed by atoms with E-state index in [4.69, 9.17) is 9.84 Å². The number of amides is 2. The molecule has 1 rings (SSSR count). The quantitative estimate of drug-likeness (QED) is 0.495. The Bertz CT molecular complexity index is 280. The minimum absolute atomic E-state index is 0.154. The van der Waals surface area contributed by atoms with Crippen molar-refractivity contribution in [3.63, 3.8) is 0 Å². The largest absolute Gasteiger partial charge is 0.481 e. The van der Waals surface area contributed by atoms with E-state index in [1.807, 2.05) is 0 Å². The van der Waals surface area contributed by atoms with Crippen LogP contribution < -0.4 is 10.6 Å². The summed E-state index contributed by atoms with van der Waals surface area (Å²) >= 11 is 0. The van der Waals surface area contributed by atoms with E-state index in [1.165, 1.54) is 12.8 Å². The molecule has 0 atom stereocenters. The molecule has 0 aromatic heterocycles. The predicted molar refractivity (Wildman–Crippen MR) is 71.0 cm³/mol. The van der Waals surface area contributed by atoms with E-state index >= 15 is 0 Å². The number of hydrogen-bond acceptors (Lipinski definition) is 3. The lowest BCUT2D eigenvalue weighted by atomic mass is 10.2. The molecule has 110 valence electrons. The summed E-state index contributed by atoms with van der Waals surface area (Å²) in [7, 11) is 0. The maximum Gasteiger partial charge on any atom is 0.314 e. The molecular weight excluding hydrogens is 248 g/mol. The van der Waals surface area contributed by atoms with Crippen LogP contribution in [-0.2, 0) is 9.53 Å². The topological polar surface area (TPSA) is 87.7 Å². The Morgan fingerprint density at radius 3 is 2.42 bits per heavy atom. The van der Waals surface area contributed by atoms with Crippen molar-refractivity contribution in [1.82, 2.24) is 10.6 Å². The normalized spacial score (nSPS) is 14.1. The van der Waals surface area contributed by atoms with Gasteiger partial charge in [-0.1, -0.05) is 0 Å². The number of carbonyl (C=O) groups excluding carboxylic acids is 1. The van der Waals surface area contributed by atoms with Crippen molar-refractivity contribution < 1.29 is 19.4 Å². The molecule has 0 spiro atoms. The monoisotopic (exact) mass is 272 g/mol. The number of nitrogens with one attached hydrogen (secondary N) is 2. The van der Waals surface area contributed by atoms with Gasteiger partial charge in [0.05, 0.1) is 0 Å². The van der Waals surface area contributed by atoms with Gasteiger partial charge in [-0.3, -0.25) is 4.79 Å². The van der Waals surface area contributed by atoms with Crippen LogP contribution in [0.25, 0.3) is 0 Å². The first-order chi connectivity index (χ1) is 9.18. The van der Waals surface area contributed by atoms with Crippen LogP contribution in [0.2, 0.25) is 0 Å². The molecule has 1 aliphatic carbocycles. The van der Waals surface area contributed by atoms with Crippen molar-refractivity contribution in [2.45, 2.75) is 38.5 Å². The average Bonchev–Trinajstić information content (AvgIpc) is 3.16. The number of unbranched alkanes of at least 4 members (excludes halogenated alkanes) is 1. The van der Waals surface area contributed by atoms with Gasteiger partial charge in [-0.05, 0) is 38.0 Å². The third kappa shape index (κ3) is 10.3. The van der Waals surface area contributed by atoms with Crippen molar-refractivity contribution in [1.29, 1.82) is 0 Å². The number of carbonyl (C=O) groups is 2. The first-order valence-electron chi connectivity index (χ1n) is 6.99. The predicted octanol–water partition coefficient (Wildman–Crippen LogP) is 1.36. The van der Waals surface area contributed by atoms with Gasteiger partial charge in [0.25, 0.3) is 0 Å². The zero-order chi connectivity index (χ0) is 13.9. The molecule has 0 aromatic carbocycles. The van der Waals surface area contributed by atoms with Gasteiger partial charge in [0.2, 0.25) is 0 Å². The molecule has 0 bridgehead atoms. The summed E-state index contributed by atoms with van der Waals surface area (Å²) in [6, 6.07) is -0.197. The molecule has 6 nitrogen and oxygen atoms in total. The maximum atomic E-state index is 11.3. The van der Waals surface area contributed by atoms with Gasteiger partial charge in [0, 0.05) is 32.7 Å². The van der Waals surface area contributed by atoms with E-state index in [-0.39, 0.29) is 12.5 Å². The van der Waals surface area contributed by atoms with Gasteiger partial charge in [-0.25, -0.2) is 4.79 Å². The van der Waals surface area contributed by atoms with Crippen LogP contribution in [0, 0.1) is 5.92 Å². The molecule has 0 unspecified atom stereocenters. The standard InChI is InChI=1S/C13H24N2O4/c16-12(17)4-1-2-7-14-13(18)15-8-3-9-19-10-11-5-6-11/h11H,1-10H2,(H,16,17)(H2,14,15,18). The molecule has 19 heavy (non-hydrogen) atoms. The van der Waals surface area contributed by atoms with E-state index in [0.29, 0.717) is 32.5 Å². The van der Waals surface area contributed by atoms with Crippen LogP contribution in [-0.4, -0.2) is 43.4 Å². The Morgan fingerprint density at radius 2 is 1.79 bits per heavy atom. The molecule has 1 saturated carbocycles. The molecule has 1 aliphatic rings. The van der Waals surface area contributed by atoms with Crippen LogP contribution in [0.1, 0.15) is 38.5 Å². The number of urea groups is 1. The van der Waals surface area contributed by atoms with Gasteiger partial charge >= 0.3 is 12.0 Å². The smallest absolute Gasteiger partial charge is 0.314 e. The van der Waals surface area contributed by atoms with E-state index in [9.17, 15) is 9.59 Å².